The number of benzene rings is 2. The Kier molecular flexibility index (Phi) is 7.24. The van der Waals surface area contributed by atoms with Gasteiger partial charge < -0.3 is 15.2 Å². The van der Waals surface area contributed by atoms with Crippen LogP contribution in [0.25, 0.3) is 0 Å². The smallest absolute Gasteiger partial charge is 0.251 e. The van der Waals surface area contributed by atoms with Gasteiger partial charge >= 0.3 is 0 Å². The number of aromatic nitrogens is 3. The maximum atomic E-state index is 12.4. The van der Waals surface area contributed by atoms with Crippen LogP contribution in [0.5, 0.6) is 0 Å². The van der Waals surface area contributed by atoms with Gasteiger partial charge in [-0.15, -0.1) is 10.2 Å². The molecule has 0 aliphatic carbocycles. The van der Waals surface area contributed by atoms with E-state index in [1.165, 1.54) is 11.8 Å². The first kappa shape index (κ1) is 21.6. The summed E-state index contributed by atoms with van der Waals surface area (Å²) in [6.07, 6.45) is 0. The van der Waals surface area contributed by atoms with Gasteiger partial charge in [0.25, 0.3) is 5.91 Å². The van der Waals surface area contributed by atoms with E-state index in [4.69, 9.17) is 0 Å². The molecule has 0 aliphatic rings. The minimum absolute atomic E-state index is 0.108. The van der Waals surface area contributed by atoms with E-state index in [-0.39, 0.29) is 23.6 Å². The average Bonchev–Trinajstić information content (AvgIpc) is 3.16. The molecule has 156 valence electrons. The molecular formula is C22H25N5O2S. The predicted molar refractivity (Wildman–Crippen MR) is 119 cm³/mol. The molecule has 3 aromatic rings. The lowest BCUT2D eigenvalue weighted by molar-refractivity contribution is -0.113. The van der Waals surface area contributed by atoms with Crippen molar-refractivity contribution in [2.75, 3.05) is 11.1 Å². The highest BCUT2D eigenvalue weighted by atomic mass is 32.2. The van der Waals surface area contributed by atoms with Crippen molar-refractivity contribution in [3.05, 3.63) is 71.5 Å². The Labute approximate surface area is 180 Å². The summed E-state index contributed by atoms with van der Waals surface area (Å²) in [5, 5.41) is 15.0. The van der Waals surface area contributed by atoms with Gasteiger partial charge in [-0.2, -0.15) is 0 Å². The molecule has 1 heterocycles. The van der Waals surface area contributed by atoms with Crippen LogP contribution in [0.3, 0.4) is 0 Å². The van der Waals surface area contributed by atoms with Crippen molar-refractivity contribution in [3.8, 4) is 0 Å². The lowest BCUT2D eigenvalue weighted by Crippen LogP contribution is -2.28. The normalized spacial score (nSPS) is 11.7. The maximum Gasteiger partial charge on any atom is 0.251 e. The third-order valence-electron chi connectivity index (χ3n) is 4.47. The van der Waals surface area contributed by atoms with E-state index in [0.717, 1.165) is 11.3 Å². The highest BCUT2D eigenvalue weighted by Gasteiger charge is 2.20. The molecule has 3 rings (SSSR count). The van der Waals surface area contributed by atoms with E-state index in [1.54, 1.807) is 12.1 Å². The van der Waals surface area contributed by atoms with Crippen LogP contribution in [0.2, 0.25) is 0 Å². The molecule has 1 aromatic heterocycles. The van der Waals surface area contributed by atoms with E-state index < -0.39 is 0 Å². The molecule has 2 N–H and O–H groups in total. The first-order valence-corrected chi connectivity index (χ1v) is 10.7. The summed E-state index contributed by atoms with van der Waals surface area (Å²) in [5.74, 6) is 0.601. The van der Waals surface area contributed by atoms with Crippen molar-refractivity contribution in [2.24, 2.45) is 0 Å². The fourth-order valence-electron chi connectivity index (χ4n) is 3.01. The number of thioether (sulfide) groups is 1. The summed E-state index contributed by atoms with van der Waals surface area (Å²) in [6, 6.07) is 16.4. The van der Waals surface area contributed by atoms with Gasteiger partial charge in [0.2, 0.25) is 5.91 Å². The molecule has 8 heteroatoms. The Morgan fingerprint density at radius 1 is 1.10 bits per heavy atom. The van der Waals surface area contributed by atoms with Crippen LogP contribution >= 0.6 is 11.8 Å². The number of carbonyl (C=O) groups is 2. The second-order valence-corrected chi connectivity index (χ2v) is 7.80. The van der Waals surface area contributed by atoms with Crippen LogP contribution in [0.15, 0.2) is 59.8 Å². The van der Waals surface area contributed by atoms with Crippen molar-refractivity contribution in [1.29, 1.82) is 0 Å². The number of carbonyl (C=O) groups excluding carboxylic acids is 2. The second kappa shape index (κ2) is 10.1. The van der Waals surface area contributed by atoms with Crippen molar-refractivity contribution >= 4 is 29.3 Å². The molecule has 1 atom stereocenters. The lowest BCUT2D eigenvalue weighted by atomic mass is 10.2. The van der Waals surface area contributed by atoms with Crippen molar-refractivity contribution in [2.45, 2.75) is 38.5 Å². The zero-order valence-corrected chi connectivity index (χ0v) is 18.1. The summed E-state index contributed by atoms with van der Waals surface area (Å²) in [7, 11) is 0. The number of aryl methyl sites for hydroxylation is 1. The number of nitrogens with one attached hydrogen (secondary N) is 2. The van der Waals surface area contributed by atoms with Crippen LogP contribution < -0.4 is 10.6 Å². The molecule has 2 aromatic carbocycles. The van der Waals surface area contributed by atoms with E-state index in [2.05, 4.69) is 20.8 Å². The Morgan fingerprint density at radius 3 is 2.57 bits per heavy atom. The number of hydrogen-bond acceptors (Lipinski definition) is 5. The van der Waals surface area contributed by atoms with Crippen molar-refractivity contribution in [3.63, 3.8) is 0 Å². The van der Waals surface area contributed by atoms with Gasteiger partial charge in [-0.1, -0.05) is 42.1 Å². The number of rotatable bonds is 8. The van der Waals surface area contributed by atoms with Gasteiger partial charge in [0, 0.05) is 17.8 Å². The molecule has 2 amide bonds. The minimum atomic E-state index is -0.319. The molecule has 0 fully saturated rings. The second-order valence-electron chi connectivity index (χ2n) is 6.85. The average molecular weight is 424 g/mol. The maximum absolute atomic E-state index is 12.4. The minimum Gasteiger partial charge on any atom is -0.342 e. The zero-order chi connectivity index (χ0) is 21.5. The predicted octanol–water partition coefficient (Wildman–Crippen LogP) is 3.83. The highest BCUT2D eigenvalue weighted by Crippen LogP contribution is 2.21. The molecular weight excluding hydrogens is 398 g/mol. The van der Waals surface area contributed by atoms with Crippen LogP contribution in [-0.4, -0.2) is 32.3 Å². The number of nitrogens with zero attached hydrogens (tertiary/aromatic N) is 3. The van der Waals surface area contributed by atoms with Crippen LogP contribution in [0, 0.1) is 6.92 Å². The van der Waals surface area contributed by atoms with Crippen LogP contribution in [-0.2, 0) is 11.3 Å². The Hall–Kier alpha value is -3.13. The molecule has 0 saturated carbocycles. The third-order valence-corrected chi connectivity index (χ3v) is 5.43. The first-order chi connectivity index (χ1) is 14.5. The Balaban J connectivity index is 1.62. The fraction of sp³-hybridized carbons (Fsp3) is 0.273. The van der Waals surface area contributed by atoms with Gasteiger partial charge in [0.15, 0.2) is 11.0 Å². The van der Waals surface area contributed by atoms with E-state index >= 15 is 0 Å². The SMILES string of the molecule is CCn1c(SCC(=O)Nc2cccc(C)c2)nnc1[C@H](C)NC(=O)c1ccccc1. The molecule has 0 unspecified atom stereocenters. The highest BCUT2D eigenvalue weighted by molar-refractivity contribution is 7.99. The summed E-state index contributed by atoms with van der Waals surface area (Å²) >= 11 is 1.32. The Bertz CT molecular complexity index is 1020. The summed E-state index contributed by atoms with van der Waals surface area (Å²) in [5.41, 5.74) is 2.45. The quantitative estimate of drug-likeness (QED) is 0.538. The number of hydrogen-bond donors (Lipinski definition) is 2. The van der Waals surface area contributed by atoms with Crippen molar-refractivity contribution < 1.29 is 9.59 Å². The fourth-order valence-corrected chi connectivity index (χ4v) is 3.82. The van der Waals surface area contributed by atoms with Gasteiger partial charge in [-0.3, -0.25) is 9.59 Å². The number of amides is 2. The summed E-state index contributed by atoms with van der Waals surface area (Å²) in [6.45, 7) is 6.47. The molecule has 0 spiro atoms. The van der Waals surface area contributed by atoms with Gasteiger partial charge in [-0.05, 0) is 50.6 Å². The molecule has 0 radical (unpaired) electrons. The lowest BCUT2D eigenvalue weighted by Gasteiger charge is -2.15. The van der Waals surface area contributed by atoms with Gasteiger partial charge in [0.1, 0.15) is 0 Å². The largest absolute Gasteiger partial charge is 0.342 e. The van der Waals surface area contributed by atoms with Crippen LogP contribution in [0.1, 0.15) is 41.6 Å². The monoisotopic (exact) mass is 423 g/mol. The van der Waals surface area contributed by atoms with Gasteiger partial charge in [-0.25, -0.2) is 0 Å². The molecule has 0 saturated heterocycles. The zero-order valence-electron chi connectivity index (χ0n) is 17.3. The first-order valence-electron chi connectivity index (χ1n) is 9.76. The van der Waals surface area contributed by atoms with Crippen LogP contribution in [0.4, 0.5) is 5.69 Å². The summed E-state index contributed by atoms with van der Waals surface area (Å²) < 4.78 is 1.92. The molecule has 0 aliphatic heterocycles. The molecule has 7 nitrogen and oxygen atoms in total. The van der Waals surface area contributed by atoms with Crippen molar-refractivity contribution in [1.82, 2.24) is 20.1 Å². The van der Waals surface area contributed by atoms with E-state index in [9.17, 15) is 9.59 Å². The number of anilines is 1. The summed E-state index contributed by atoms with van der Waals surface area (Å²) in [4.78, 5) is 24.7. The topological polar surface area (TPSA) is 88.9 Å². The van der Waals surface area contributed by atoms with E-state index in [1.807, 2.05) is 67.8 Å². The molecule has 0 bridgehead atoms. The van der Waals surface area contributed by atoms with Gasteiger partial charge in [0.05, 0.1) is 11.8 Å². The Morgan fingerprint density at radius 2 is 1.87 bits per heavy atom. The molecule has 30 heavy (non-hydrogen) atoms. The van der Waals surface area contributed by atoms with E-state index in [0.29, 0.717) is 23.1 Å². The third kappa shape index (κ3) is 5.48. The standard InChI is InChI=1S/C22H25N5O2S/c1-4-27-20(16(3)23-21(29)17-10-6-5-7-11-17)25-26-22(27)30-14-19(28)24-18-12-8-9-15(2)13-18/h5-13,16H,4,14H2,1-3H3,(H,23,29)(H,24,28)/t16-/m0/s1.